The SMILES string of the molecule is CCN1CCOC(C(N)Cc2c(Cl)c(C)nn2CC)C1. The lowest BCUT2D eigenvalue weighted by Crippen LogP contribution is -2.51. The van der Waals surface area contributed by atoms with Crippen LogP contribution in [0, 0.1) is 6.92 Å². The molecule has 2 unspecified atom stereocenters. The maximum absolute atomic E-state index is 6.35. The van der Waals surface area contributed by atoms with Crippen LogP contribution in [0.2, 0.25) is 5.02 Å². The Kier molecular flexibility index (Phi) is 5.43. The Morgan fingerprint density at radius 1 is 1.45 bits per heavy atom. The molecule has 0 radical (unpaired) electrons. The Balaban J connectivity index is 2.05. The van der Waals surface area contributed by atoms with Crippen LogP contribution in [0.1, 0.15) is 25.2 Å². The molecule has 2 rings (SSSR count). The summed E-state index contributed by atoms with van der Waals surface area (Å²) >= 11 is 6.34. The van der Waals surface area contributed by atoms with E-state index >= 15 is 0 Å². The number of likely N-dealkylation sites (N-methyl/N-ethyl adjacent to an activating group) is 1. The number of rotatable bonds is 5. The van der Waals surface area contributed by atoms with Crippen molar-refractivity contribution in [3.8, 4) is 0 Å². The maximum Gasteiger partial charge on any atom is 0.0856 e. The molecule has 2 N–H and O–H groups in total. The minimum Gasteiger partial charge on any atom is -0.374 e. The molecule has 6 heteroatoms. The highest BCUT2D eigenvalue weighted by Gasteiger charge is 2.27. The van der Waals surface area contributed by atoms with E-state index in [4.69, 9.17) is 22.1 Å². The first-order chi connectivity index (χ1) is 9.56. The molecule has 1 aliphatic rings. The number of nitrogens with two attached hydrogens (primary N) is 1. The Hall–Kier alpha value is -0.620. The predicted molar refractivity (Wildman–Crippen MR) is 81.2 cm³/mol. The molecule has 0 aliphatic carbocycles. The van der Waals surface area contributed by atoms with Crippen LogP contribution in [0.3, 0.4) is 0 Å². The van der Waals surface area contributed by atoms with Crippen LogP contribution in [0.5, 0.6) is 0 Å². The third-order valence-electron chi connectivity index (χ3n) is 3.98. The molecule has 1 saturated heterocycles. The number of morpholine rings is 1. The molecule has 1 aromatic rings. The summed E-state index contributed by atoms with van der Waals surface area (Å²) in [5, 5.41) is 5.18. The molecule has 1 aromatic heterocycles. The fraction of sp³-hybridized carbons (Fsp3) is 0.786. The van der Waals surface area contributed by atoms with E-state index in [1.54, 1.807) is 0 Å². The molecule has 0 aromatic carbocycles. The van der Waals surface area contributed by atoms with E-state index in [-0.39, 0.29) is 12.1 Å². The summed E-state index contributed by atoms with van der Waals surface area (Å²) in [5.74, 6) is 0. The molecule has 5 nitrogen and oxygen atoms in total. The standard InChI is InChI=1S/C14H25ClN4O/c1-4-18-6-7-20-13(9-18)11(16)8-12-14(15)10(3)17-19(12)5-2/h11,13H,4-9,16H2,1-3H3. The van der Waals surface area contributed by atoms with E-state index in [0.29, 0.717) is 6.42 Å². The van der Waals surface area contributed by atoms with Gasteiger partial charge >= 0.3 is 0 Å². The summed E-state index contributed by atoms with van der Waals surface area (Å²) in [6, 6.07) is -0.0525. The van der Waals surface area contributed by atoms with Crippen molar-refractivity contribution in [3.05, 3.63) is 16.4 Å². The first-order valence-corrected chi connectivity index (χ1v) is 7.75. The number of halogens is 1. The first-order valence-electron chi connectivity index (χ1n) is 7.38. The second-order valence-electron chi connectivity index (χ2n) is 5.33. The van der Waals surface area contributed by atoms with Crippen molar-refractivity contribution in [2.24, 2.45) is 5.73 Å². The number of aromatic nitrogens is 2. The van der Waals surface area contributed by atoms with Gasteiger partial charge in [-0.15, -0.1) is 0 Å². The third kappa shape index (κ3) is 3.34. The van der Waals surface area contributed by atoms with Crippen LogP contribution in [0.15, 0.2) is 0 Å². The molecule has 20 heavy (non-hydrogen) atoms. The Morgan fingerprint density at radius 3 is 2.85 bits per heavy atom. The van der Waals surface area contributed by atoms with Crippen molar-refractivity contribution >= 4 is 11.6 Å². The van der Waals surface area contributed by atoms with Gasteiger partial charge in [0.1, 0.15) is 0 Å². The van der Waals surface area contributed by atoms with Gasteiger partial charge < -0.3 is 10.5 Å². The van der Waals surface area contributed by atoms with Gasteiger partial charge in [0.25, 0.3) is 0 Å². The average Bonchev–Trinajstić information content (AvgIpc) is 2.75. The molecule has 1 fully saturated rings. The summed E-state index contributed by atoms with van der Waals surface area (Å²) in [5.41, 5.74) is 8.24. The largest absolute Gasteiger partial charge is 0.374 e. The molecular formula is C14H25ClN4O. The quantitative estimate of drug-likeness (QED) is 0.894. The lowest BCUT2D eigenvalue weighted by atomic mass is 10.0. The van der Waals surface area contributed by atoms with Gasteiger partial charge in [-0.25, -0.2) is 0 Å². The van der Waals surface area contributed by atoms with Crippen molar-refractivity contribution in [1.82, 2.24) is 14.7 Å². The summed E-state index contributed by atoms with van der Waals surface area (Å²) in [7, 11) is 0. The first kappa shape index (κ1) is 15.8. The molecule has 114 valence electrons. The lowest BCUT2D eigenvalue weighted by molar-refractivity contribution is -0.0387. The summed E-state index contributed by atoms with van der Waals surface area (Å²) in [6.07, 6.45) is 0.774. The zero-order valence-electron chi connectivity index (χ0n) is 12.6. The van der Waals surface area contributed by atoms with Gasteiger partial charge in [0.15, 0.2) is 0 Å². The van der Waals surface area contributed by atoms with Crippen LogP contribution in [0.4, 0.5) is 0 Å². The van der Waals surface area contributed by atoms with E-state index in [1.165, 1.54) is 0 Å². The molecule has 1 aliphatic heterocycles. The highest BCUT2D eigenvalue weighted by Crippen LogP contribution is 2.22. The van der Waals surface area contributed by atoms with Crippen molar-refractivity contribution in [2.75, 3.05) is 26.2 Å². The van der Waals surface area contributed by atoms with Crippen molar-refractivity contribution < 1.29 is 4.74 Å². The van der Waals surface area contributed by atoms with Gasteiger partial charge in [-0.1, -0.05) is 18.5 Å². The highest BCUT2D eigenvalue weighted by atomic mass is 35.5. The lowest BCUT2D eigenvalue weighted by Gasteiger charge is -2.35. The topological polar surface area (TPSA) is 56.3 Å². The summed E-state index contributed by atoms with van der Waals surface area (Å²) in [4.78, 5) is 2.37. The Bertz CT molecular complexity index is 449. The minimum atomic E-state index is -0.0525. The van der Waals surface area contributed by atoms with Crippen LogP contribution < -0.4 is 5.73 Å². The average molecular weight is 301 g/mol. The molecule has 0 saturated carbocycles. The normalized spacial score (nSPS) is 22.1. The van der Waals surface area contributed by atoms with Crippen molar-refractivity contribution in [1.29, 1.82) is 0 Å². The fourth-order valence-corrected chi connectivity index (χ4v) is 2.91. The molecule has 0 bridgehead atoms. The van der Waals surface area contributed by atoms with Crippen molar-refractivity contribution in [2.45, 2.75) is 45.9 Å². The number of aryl methyl sites for hydroxylation is 2. The maximum atomic E-state index is 6.35. The van der Waals surface area contributed by atoms with E-state index < -0.39 is 0 Å². The van der Waals surface area contributed by atoms with Gasteiger partial charge in [-0.3, -0.25) is 9.58 Å². The monoisotopic (exact) mass is 300 g/mol. The molecule has 0 amide bonds. The summed E-state index contributed by atoms with van der Waals surface area (Å²) < 4.78 is 7.77. The van der Waals surface area contributed by atoms with E-state index in [2.05, 4.69) is 23.8 Å². The predicted octanol–water partition coefficient (Wildman–Crippen LogP) is 1.46. The molecule has 2 atom stereocenters. The van der Waals surface area contributed by atoms with Crippen molar-refractivity contribution in [3.63, 3.8) is 0 Å². The third-order valence-corrected chi connectivity index (χ3v) is 4.48. The van der Waals surface area contributed by atoms with Gasteiger partial charge in [-0.2, -0.15) is 5.10 Å². The van der Waals surface area contributed by atoms with Gasteiger partial charge in [0, 0.05) is 32.1 Å². The smallest absolute Gasteiger partial charge is 0.0856 e. The second-order valence-corrected chi connectivity index (χ2v) is 5.71. The molecule has 2 heterocycles. The van der Waals surface area contributed by atoms with Crippen LogP contribution in [-0.2, 0) is 17.7 Å². The Labute approximate surface area is 126 Å². The van der Waals surface area contributed by atoms with Gasteiger partial charge in [0.2, 0.25) is 0 Å². The summed E-state index contributed by atoms with van der Waals surface area (Å²) in [6.45, 7) is 10.7. The number of hydrogen-bond acceptors (Lipinski definition) is 4. The fourth-order valence-electron chi connectivity index (χ4n) is 2.70. The highest BCUT2D eigenvalue weighted by molar-refractivity contribution is 6.31. The van der Waals surface area contributed by atoms with Crippen LogP contribution >= 0.6 is 11.6 Å². The molecular weight excluding hydrogens is 276 g/mol. The van der Waals surface area contributed by atoms with E-state index in [1.807, 2.05) is 11.6 Å². The zero-order valence-corrected chi connectivity index (χ0v) is 13.4. The number of ether oxygens (including phenoxy) is 1. The van der Waals surface area contributed by atoms with Gasteiger partial charge in [0.05, 0.1) is 29.1 Å². The second kappa shape index (κ2) is 6.89. The Morgan fingerprint density at radius 2 is 2.20 bits per heavy atom. The van der Waals surface area contributed by atoms with E-state index in [9.17, 15) is 0 Å². The van der Waals surface area contributed by atoms with Gasteiger partial charge in [-0.05, 0) is 20.4 Å². The van der Waals surface area contributed by atoms with Crippen LogP contribution in [-0.4, -0.2) is 53.1 Å². The number of nitrogens with zero attached hydrogens (tertiary/aromatic N) is 3. The molecule has 0 spiro atoms. The van der Waals surface area contributed by atoms with E-state index in [0.717, 1.165) is 49.2 Å². The minimum absolute atomic E-state index is 0.0525. The number of hydrogen-bond donors (Lipinski definition) is 1. The van der Waals surface area contributed by atoms with Crippen LogP contribution in [0.25, 0.3) is 0 Å². The zero-order chi connectivity index (χ0) is 14.7.